The van der Waals surface area contributed by atoms with E-state index in [9.17, 15) is 4.79 Å². The minimum atomic E-state index is -0.0861. The molecule has 1 aliphatic carbocycles. The quantitative estimate of drug-likeness (QED) is 0.526. The Morgan fingerprint density at radius 1 is 1.13 bits per heavy atom. The number of hydrogen-bond acceptors (Lipinski definition) is 6. The molecule has 0 aromatic carbocycles. The lowest BCUT2D eigenvalue weighted by Gasteiger charge is -2.09. The maximum Gasteiger partial charge on any atom is 0.269 e. The van der Waals surface area contributed by atoms with E-state index in [-0.39, 0.29) is 5.56 Å². The van der Waals surface area contributed by atoms with E-state index < -0.39 is 0 Å². The fourth-order valence-corrected chi connectivity index (χ4v) is 3.85. The van der Waals surface area contributed by atoms with Crippen molar-refractivity contribution in [2.24, 2.45) is 20.0 Å². The van der Waals surface area contributed by atoms with Crippen LogP contribution in [-0.4, -0.2) is 38.3 Å². The zero-order valence-electron chi connectivity index (χ0n) is 18.5. The van der Waals surface area contributed by atoms with E-state index in [0.29, 0.717) is 36.3 Å². The lowest BCUT2D eigenvalue weighted by molar-refractivity contribution is 0.277. The first-order valence-corrected chi connectivity index (χ1v) is 10.7. The summed E-state index contributed by atoms with van der Waals surface area (Å²) in [6.45, 7) is 2.65. The Kier molecular flexibility index (Phi) is 6.06. The first-order chi connectivity index (χ1) is 15.0. The summed E-state index contributed by atoms with van der Waals surface area (Å²) in [5.74, 6) is 2.06. The summed E-state index contributed by atoms with van der Waals surface area (Å²) in [4.78, 5) is 17.0. The van der Waals surface area contributed by atoms with Crippen LogP contribution < -0.4 is 15.0 Å². The second kappa shape index (κ2) is 8.91. The largest absolute Gasteiger partial charge is 0.495 e. The third kappa shape index (κ3) is 4.78. The topological polar surface area (TPSA) is 84.1 Å². The lowest BCUT2D eigenvalue weighted by atomic mass is 10.1. The van der Waals surface area contributed by atoms with Gasteiger partial charge in [0, 0.05) is 48.9 Å². The van der Waals surface area contributed by atoms with Gasteiger partial charge in [-0.3, -0.25) is 14.5 Å². The molecule has 0 amide bonds. The van der Waals surface area contributed by atoms with E-state index in [4.69, 9.17) is 9.47 Å². The molecule has 3 aromatic rings. The van der Waals surface area contributed by atoms with Gasteiger partial charge in [0.1, 0.15) is 5.75 Å². The predicted molar refractivity (Wildman–Crippen MR) is 117 cm³/mol. The second-order valence-electron chi connectivity index (χ2n) is 8.08. The maximum atomic E-state index is 12.5. The molecule has 4 rings (SSSR count). The van der Waals surface area contributed by atoms with Crippen molar-refractivity contribution in [2.45, 2.75) is 38.5 Å². The van der Waals surface area contributed by atoms with Crippen molar-refractivity contribution in [3.05, 3.63) is 63.5 Å². The number of aromatic nitrogens is 5. The Bertz CT molecular complexity index is 1100. The molecule has 8 nitrogen and oxygen atoms in total. The van der Waals surface area contributed by atoms with Crippen molar-refractivity contribution in [3.63, 3.8) is 0 Å². The molecule has 8 heteroatoms. The number of nitrogens with zero attached hydrogens (tertiary/aromatic N) is 5. The summed E-state index contributed by atoms with van der Waals surface area (Å²) in [5.41, 5.74) is 3.86. The van der Waals surface area contributed by atoms with E-state index in [1.807, 2.05) is 23.9 Å². The van der Waals surface area contributed by atoms with Crippen LogP contribution in [0.4, 0.5) is 0 Å². The maximum absolute atomic E-state index is 12.5. The number of aryl methyl sites for hydroxylation is 5. The normalized spacial score (nSPS) is 17.5. The zero-order valence-corrected chi connectivity index (χ0v) is 18.5. The standard InChI is InChI=1S/C23H29N5O3/c1-5-17-12-18(27(2)25-17)7-6-15-11-22(26-28(3)23(15)29)31-14-16-10-20(16)21-9-8-19(30-4)13-24-21/h8-9,11-13,16,20H,5-7,10,14H2,1-4H3/t16-,20+/m1/s1. The molecule has 0 spiro atoms. The Balaban J connectivity index is 1.37. The Hall–Kier alpha value is -3.16. The Morgan fingerprint density at radius 3 is 2.65 bits per heavy atom. The van der Waals surface area contributed by atoms with E-state index in [2.05, 4.69) is 28.2 Å². The zero-order chi connectivity index (χ0) is 22.0. The fraction of sp³-hybridized carbons (Fsp3) is 0.478. The van der Waals surface area contributed by atoms with Gasteiger partial charge >= 0.3 is 0 Å². The van der Waals surface area contributed by atoms with Gasteiger partial charge in [-0.15, -0.1) is 5.10 Å². The van der Waals surface area contributed by atoms with Crippen molar-refractivity contribution in [1.82, 2.24) is 24.5 Å². The van der Waals surface area contributed by atoms with Crippen LogP contribution in [0.5, 0.6) is 11.6 Å². The molecule has 1 fully saturated rings. The van der Waals surface area contributed by atoms with Crippen LogP contribution in [0.15, 0.2) is 35.3 Å². The van der Waals surface area contributed by atoms with Gasteiger partial charge in [0.05, 0.1) is 25.6 Å². The highest BCUT2D eigenvalue weighted by Crippen LogP contribution is 2.46. The predicted octanol–water partition coefficient (Wildman–Crippen LogP) is 2.45. The number of hydrogen-bond donors (Lipinski definition) is 0. The minimum Gasteiger partial charge on any atom is -0.495 e. The molecule has 0 radical (unpaired) electrons. The van der Waals surface area contributed by atoms with Crippen LogP contribution in [0, 0.1) is 5.92 Å². The van der Waals surface area contributed by atoms with Crippen molar-refractivity contribution in [2.75, 3.05) is 13.7 Å². The molecule has 1 saturated carbocycles. The molecule has 2 atom stereocenters. The van der Waals surface area contributed by atoms with Crippen molar-refractivity contribution < 1.29 is 9.47 Å². The summed E-state index contributed by atoms with van der Waals surface area (Å²) in [5, 5.41) is 8.76. The monoisotopic (exact) mass is 423 g/mol. The van der Waals surface area contributed by atoms with Gasteiger partial charge in [0.25, 0.3) is 5.56 Å². The van der Waals surface area contributed by atoms with Gasteiger partial charge < -0.3 is 9.47 Å². The van der Waals surface area contributed by atoms with Crippen LogP contribution in [0.25, 0.3) is 0 Å². The van der Waals surface area contributed by atoms with E-state index in [1.54, 1.807) is 26.4 Å². The second-order valence-corrected chi connectivity index (χ2v) is 8.08. The third-order valence-electron chi connectivity index (χ3n) is 5.90. The number of ether oxygens (including phenoxy) is 2. The van der Waals surface area contributed by atoms with Gasteiger partial charge in [-0.05, 0) is 43.9 Å². The average molecular weight is 424 g/mol. The highest BCUT2D eigenvalue weighted by atomic mass is 16.5. The average Bonchev–Trinajstić information content (AvgIpc) is 3.47. The number of pyridine rings is 1. The summed E-state index contributed by atoms with van der Waals surface area (Å²) < 4.78 is 14.4. The molecule has 31 heavy (non-hydrogen) atoms. The van der Waals surface area contributed by atoms with E-state index >= 15 is 0 Å². The third-order valence-corrected chi connectivity index (χ3v) is 5.90. The van der Waals surface area contributed by atoms with Gasteiger partial charge in [0.15, 0.2) is 0 Å². The van der Waals surface area contributed by atoms with Gasteiger partial charge in [0.2, 0.25) is 5.88 Å². The smallest absolute Gasteiger partial charge is 0.269 e. The van der Waals surface area contributed by atoms with Crippen LogP contribution >= 0.6 is 0 Å². The first-order valence-electron chi connectivity index (χ1n) is 10.7. The fourth-order valence-electron chi connectivity index (χ4n) is 3.85. The molecule has 164 valence electrons. The van der Waals surface area contributed by atoms with Gasteiger partial charge in [-0.25, -0.2) is 4.68 Å². The van der Waals surface area contributed by atoms with Crippen LogP contribution in [0.2, 0.25) is 0 Å². The Labute approximate surface area is 181 Å². The van der Waals surface area contributed by atoms with Crippen molar-refractivity contribution in [3.8, 4) is 11.6 Å². The van der Waals surface area contributed by atoms with Crippen LogP contribution in [0.1, 0.15) is 41.9 Å². The molecule has 0 bridgehead atoms. The summed E-state index contributed by atoms with van der Waals surface area (Å²) in [7, 11) is 5.24. The number of methoxy groups -OCH3 is 1. The molecule has 0 saturated heterocycles. The van der Waals surface area contributed by atoms with Gasteiger partial charge in [-0.1, -0.05) is 6.92 Å². The Morgan fingerprint density at radius 2 is 1.97 bits per heavy atom. The highest BCUT2D eigenvalue weighted by Gasteiger charge is 2.40. The summed E-state index contributed by atoms with van der Waals surface area (Å²) in [6.07, 6.45) is 5.06. The SMILES string of the molecule is CCc1cc(CCc2cc(OC[C@H]3C[C@@H]3c3ccc(OC)cn3)nn(C)c2=O)n(C)n1. The number of rotatable bonds is 9. The molecule has 0 aliphatic heterocycles. The summed E-state index contributed by atoms with van der Waals surface area (Å²) in [6, 6.07) is 7.82. The van der Waals surface area contributed by atoms with Gasteiger partial charge in [-0.2, -0.15) is 5.10 Å². The minimum absolute atomic E-state index is 0.0861. The lowest BCUT2D eigenvalue weighted by Crippen LogP contribution is -2.24. The molecule has 3 heterocycles. The molecule has 0 N–H and O–H groups in total. The molecular weight excluding hydrogens is 394 g/mol. The van der Waals surface area contributed by atoms with Crippen LogP contribution in [0.3, 0.4) is 0 Å². The van der Waals surface area contributed by atoms with Crippen molar-refractivity contribution >= 4 is 0 Å². The molecular formula is C23H29N5O3. The summed E-state index contributed by atoms with van der Waals surface area (Å²) >= 11 is 0. The van der Waals surface area contributed by atoms with E-state index in [0.717, 1.165) is 42.1 Å². The molecule has 1 aliphatic rings. The first kappa shape index (κ1) is 21.1. The molecule has 0 unspecified atom stereocenters. The highest BCUT2D eigenvalue weighted by molar-refractivity contribution is 5.26. The molecule has 3 aromatic heterocycles. The van der Waals surface area contributed by atoms with E-state index in [1.165, 1.54) is 4.68 Å². The van der Waals surface area contributed by atoms with Crippen molar-refractivity contribution in [1.29, 1.82) is 0 Å². The van der Waals surface area contributed by atoms with Crippen LogP contribution in [-0.2, 0) is 33.4 Å².